The summed E-state index contributed by atoms with van der Waals surface area (Å²) < 4.78 is 11.4. The van der Waals surface area contributed by atoms with Gasteiger partial charge in [-0.05, 0) is 32.8 Å². The van der Waals surface area contributed by atoms with Crippen LogP contribution in [0.2, 0.25) is 0 Å². The number of hydrogen-bond acceptors (Lipinski definition) is 3. The van der Waals surface area contributed by atoms with Gasteiger partial charge in [0, 0.05) is 11.6 Å². The molecule has 1 aromatic carbocycles. The molecule has 110 valence electrons. The second kappa shape index (κ2) is 8.01. The molecule has 0 heterocycles. The van der Waals surface area contributed by atoms with Crippen LogP contribution >= 0.6 is 11.6 Å². The lowest BCUT2D eigenvalue weighted by molar-refractivity contribution is 0.260. The van der Waals surface area contributed by atoms with Crippen LogP contribution in [0.15, 0.2) is 18.2 Å². The van der Waals surface area contributed by atoms with Gasteiger partial charge in [0.2, 0.25) is 0 Å². The van der Waals surface area contributed by atoms with E-state index in [1.54, 1.807) is 0 Å². The van der Waals surface area contributed by atoms with E-state index >= 15 is 0 Å². The van der Waals surface area contributed by atoms with Crippen LogP contribution in [-0.2, 0) is 5.88 Å². The van der Waals surface area contributed by atoms with E-state index in [9.17, 15) is 0 Å². The van der Waals surface area contributed by atoms with Crippen LogP contribution in [0.3, 0.4) is 0 Å². The van der Waals surface area contributed by atoms with Crippen molar-refractivity contribution >= 4 is 11.6 Å². The first-order valence-corrected chi connectivity index (χ1v) is 7.41. The van der Waals surface area contributed by atoms with Crippen LogP contribution < -0.4 is 9.47 Å². The van der Waals surface area contributed by atoms with Gasteiger partial charge in [-0.3, -0.25) is 0 Å². The molecule has 1 rings (SSSR count). The monoisotopic (exact) mass is 295 g/mol. The molecule has 0 aliphatic carbocycles. The van der Waals surface area contributed by atoms with E-state index in [0.717, 1.165) is 23.5 Å². The number of rotatable bonds is 8. The first-order valence-electron chi connectivity index (χ1n) is 6.88. The normalized spacial score (nSPS) is 10.9. The Morgan fingerprint density at radius 2 is 2.00 bits per heavy atom. The molecule has 0 fully saturated rings. The Bertz CT molecular complexity index is 466. The third kappa shape index (κ3) is 5.30. The lowest BCUT2D eigenvalue weighted by Gasteiger charge is -2.17. The second-order valence-corrected chi connectivity index (χ2v) is 5.61. The maximum Gasteiger partial charge on any atom is 0.127 e. The van der Waals surface area contributed by atoms with Crippen molar-refractivity contribution in [1.82, 2.24) is 0 Å². The number of hydrogen-bond donors (Lipinski definition) is 0. The van der Waals surface area contributed by atoms with Crippen molar-refractivity contribution in [3.05, 3.63) is 23.8 Å². The van der Waals surface area contributed by atoms with Gasteiger partial charge >= 0.3 is 0 Å². The minimum absolute atomic E-state index is 0.378. The fourth-order valence-corrected chi connectivity index (χ4v) is 1.78. The van der Waals surface area contributed by atoms with Crippen molar-refractivity contribution in [2.24, 2.45) is 5.41 Å². The van der Waals surface area contributed by atoms with Gasteiger partial charge in [0.25, 0.3) is 0 Å². The lowest BCUT2D eigenvalue weighted by atomic mass is 9.92. The van der Waals surface area contributed by atoms with E-state index in [1.165, 1.54) is 0 Å². The van der Waals surface area contributed by atoms with Gasteiger partial charge in [-0.25, -0.2) is 0 Å². The maximum atomic E-state index is 8.99. The summed E-state index contributed by atoms with van der Waals surface area (Å²) in [5.41, 5.74) is 0.558. The van der Waals surface area contributed by atoms with Crippen molar-refractivity contribution in [3.8, 4) is 17.6 Å². The third-order valence-electron chi connectivity index (χ3n) is 2.94. The molecule has 0 unspecified atom stereocenters. The van der Waals surface area contributed by atoms with Crippen molar-refractivity contribution in [2.75, 3.05) is 13.2 Å². The Morgan fingerprint density at radius 3 is 2.60 bits per heavy atom. The van der Waals surface area contributed by atoms with Crippen molar-refractivity contribution < 1.29 is 9.47 Å². The number of ether oxygens (including phenoxy) is 2. The number of alkyl halides is 1. The van der Waals surface area contributed by atoms with Gasteiger partial charge in [0.15, 0.2) is 0 Å². The average molecular weight is 296 g/mol. The van der Waals surface area contributed by atoms with Crippen molar-refractivity contribution in [1.29, 1.82) is 5.26 Å². The molecule has 0 saturated carbocycles. The predicted octanol–water partition coefficient (Wildman–Crippen LogP) is 4.53. The molecule has 20 heavy (non-hydrogen) atoms. The van der Waals surface area contributed by atoms with Gasteiger partial charge in [-0.15, -0.1) is 11.6 Å². The molecule has 0 spiro atoms. The summed E-state index contributed by atoms with van der Waals surface area (Å²) >= 11 is 5.91. The smallest absolute Gasteiger partial charge is 0.127 e. The quantitative estimate of drug-likeness (QED) is 0.662. The Labute approximate surface area is 126 Å². The molecule has 0 N–H and O–H groups in total. The van der Waals surface area contributed by atoms with E-state index in [2.05, 4.69) is 13.0 Å². The zero-order valence-electron chi connectivity index (χ0n) is 12.4. The largest absolute Gasteiger partial charge is 0.493 e. The fourth-order valence-electron chi connectivity index (χ4n) is 1.56. The van der Waals surface area contributed by atoms with Crippen molar-refractivity contribution in [2.45, 2.75) is 39.5 Å². The molecule has 0 bridgehead atoms. The Morgan fingerprint density at radius 1 is 1.25 bits per heavy atom. The molecule has 0 aromatic heterocycles. The summed E-state index contributed by atoms with van der Waals surface area (Å²) in [5, 5.41) is 8.99. The van der Waals surface area contributed by atoms with Crippen molar-refractivity contribution in [3.63, 3.8) is 0 Å². The van der Waals surface area contributed by atoms with E-state index < -0.39 is 0 Å². The molecular formula is C16H22ClNO2. The number of nitrogens with zero attached hydrogens (tertiary/aromatic N) is 1. The number of nitriles is 1. The molecule has 0 aliphatic rings. The van der Waals surface area contributed by atoms with Crippen LogP contribution in [0.4, 0.5) is 0 Å². The summed E-state index contributed by atoms with van der Waals surface area (Å²) in [5.74, 6) is 1.92. The van der Waals surface area contributed by atoms with Gasteiger partial charge in [0.05, 0.1) is 30.6 Å². The molecule has 0 saturated heterocycles. The van der Waals surface area contributed by atoms with E-state index in [4.69, 9.17) is 26.3 Å². The highest BCUT2D eigenvalue weighted by molar-refractivity contribution is 6.17. The van der Waals surface area contributed by atoms with Gasteiger partial charge in [-0.1, -0.05) is 13.0 Å². The summed E-state index contributed by atoms with van der Waals surface area (Å²) in [4.78, 5) is 0. The van der Waals surface area contributed by atoms with Gasteiger partial charge in [-0.2, -0.15) is 5.26 Å². The topological polar surface area (TPSA) is 42.2 Å². The molecule has 0 radical (unpaired) electrons. The Kier molecular flexibility index (Phi) is 6.67. The molecular weight excluding hydrogens is 274 g/mol. The molecule has 4 heteroatoms. The molecule has 0 atom stereocenters. The van der Waals surface area contributed by atoms with Crippen LogP contribution in [0.5, 0.6) is 11.5 Å². The van der Waals surface area contributed by atoms with E-state index in [-0.39, 0.29) is 5.41 Å². The van der Waals surface area contributed by atoms with Crippen LogP contribution in [-0.4, -0.2) is 13.2 Å². The number of benzene rings is 1. The van der Waals surface area contributed by atoms with Gasteiger partial charge in [0.1, 0.15) is 11.5 Å². The summed E-state index contributed by atoms with van der Waals surface area (Å²) in [6.45, 7) is 7.04. The SMILES string of the molecule is CCCOc1ccc(CCl)c(OCCC(C)(C)C#N)c1. The molecule has 0 amide bonds. The minimum atomic E-state index is -0.378. The highest BCUT2D eigenvalue weighted by atomic mass is 35.5. The van der Waals surface area contributed by atoms with Crippen LogP contribution in [0.1, 0.15) is 39.2 Å². The summed E-state index contributed by atoms with van der Waals surface area (Å²) in [7, 11) is 0. The summed E-state index contributed by atoms with van der Waals surface area (Å²) in [6.07, 6.45) is 1.63. The fraction of sp³-hybridized carbons (Fsp3) is 0.562. The Hall–Kier alpha value is -1.40. The number of halogens is 1. The highest BCUT2D eigenvalue weighted by Gasteiger charge is 2.17. The summed E-state index contributed by atoms with van der Waals surface area (Å²) in [6, 6.07) is 7.95. The van der Waals surface area contributed by atoms with Crippen LogP contribution in [0.25, 0.3) is 0 Å². The average Bonchev–Trinajstić information content (AvgIpc) is 2.45. The second-order valence-electron chi connectivity index (χ2n) is 5.35. The van der Waals surface area contributed by atoms with Gasteiger partial charge < -0.3 is 9.47 Å². The molecule has 0 aliphatic heterocycles. The first-order chi connectivity index (χ1) is 9.52. The minimum Gasteiger partial charge on any atom is -0.493 e. The van der Waals surface area contributed by atoms with E-state index in [1.807, 2.05) is 32.0 Å². The Balaban J connectivity index is 2.69. The first kappa shape index (κ1) is 16.7. The zero-order valence-corrected chi connectivity index (χ0v) is 13.2. The zero-order chi connectivity index (χ0) is 15.0. The maximum absolute atomic E-state index is 8.99. The lowest BCUT2D eigenvalue weighted by Crippen LogP contribution is -2.13. The standard InChI is InChI=1S/C16H22ClNO2/c1-4-8-19-14-6-5-13(11-17)15(10-14)20-9-7-16(2,3)12-18/h5-6,10H,4,7-9,11H2,1-3H3. The van der Waals surface area contributed by atoms with E-state index in [0.29, 0.717) is 25.5 Å². The van der Waals surface area contributed by atoms with Crippen LogP contribution in [0, 0.1) is 16.7 Å². The highest BCUT2D eigenvalue weighted by Crippen LogP contribution is 2.27. The molecule has 1 aromatic rings. The predicted molar refractivity (Wildman–Crippen MR) is 81.3 cm³/mol. The molecule has 3 nitrogen and oxygen atoms in total. The third-order valence-corrected chi connectivity index (χ3v) is 3.23.